The van der Waals surface area contributed by atoms with Crippen molar-refractivity contribution in [2.75, 3.05) is 13.2 Å². The Bertz CT molecular complexity index is 1180. The quantitative estimate of drug-likeness (QED) is 0.271. The largest absolute Gasteiger partial charge is 0.507 e. The van der Waals surface area contributed by atoms with Gasteiger partial charge in [0.1, 0.15) is 11.5 Å². The number of hydrogen-bond acceptors (Lipinski definition) is 6. The summed E-state index contributed by atoms with van der Waals surface area (Å²) >= 11 is 0. The van der Waals surface area contributed by atoms with Crippen molar-refractivity contribution in [2.24, 2.45) is 0 Å². The average molecular weight is 462 g/mol. The first-order valence-corrected chi connectivity index (χ1v) is 11.3. The highest BCUT2D eigenvalue weighted by molar-refractivity contribution is 6.46. The lowest BCUT2D eigenvalue weighted by Crippen LogP contribution is -2.29. The van der Waals surface area contributed by atoms with Crippen molar-refractivity contribution in [3.05, 3.63) is 89.4 Å². The van der Waals surface area contributed by atoms with Crippen molar-refractivity contribution in [3.63, 3.8) is 0 Å². The van der Waals surface area contributed by atoms with Crippen LogP contribution in [-0.4, -0.2) is 34.9 Å². The van der Waals surface area contributed by atoms with E-state index in [0.717, 1.165) is 6.42 Å². The minimum atomic E-state index is -0.829. The number of benzene rings is 2. The fourth-order valence-corrected chi connectivity index (χ4v) is 4.01. The second kappa shape index (κ2) is 10.3. The van der Waals surface area contributed by atoms with Crippen molar-refractivity contribution < 1.29 is 28.6 Å². The van der Waals surface area contributed by atoms with E-state index in [2.05, 4.69) is 0 Å². The van der Waals surface area contributed by atoms with E-state index < -0.39 is 17.7 Å². The Morgan fingerprint density at radius 1 is 1.00 bits per heavy atom. The fraction of sp³-hybridized carbons (Fsp3) is 0.259. The summed E-state index contributed by atoms with van der Waals surface area (Å²) in [6, 6.07) is 16.7. The molecule has 1 aromatic heterocycles. The van der Waals surface area contributed by atoms with Gasteiger partial charge in [0.25, 0.3) is 11.7 Å². The number of furan rings is 1. The van der Waals surface area contributed by atoms with Gasteiger partial charge in [0.2, 0.25) is 0 Å². The normalized spacial score (nSPS) is 17.2. The summed E-state index contributed by atoms with van der Waals surface area (Å²) in [6.07, 6.45) is 2.35. The van der Waals surface area contributed by atoms with Gasteiger partial charge in [-0.25, -0.2) is 0 Å². The molecule has 1 aliphatic heterocycles. The van der Waals surface area contributed by atoms with Gasteiger partial charge in [-0.3, -0.25) is 9.59 Å². The Kier molecular flexibility index (Phi) is 7.01. The number of amides is 1. The summed E-state index contributed by atoms with van der Waals surface area (Å²) in [5, 5.41) is 11.1. The van der Waals surface area contributed by atoms with Crippen molar-refractivity contribution in [1.29, 1.82) is 0 Å². The molecule has 7 nitrogen and oxygen atoms in total. The molecule has 1 aliphatic rings. The Morgan fingerprint density at radius 3 is 2.47 bits per heavy atom. The van der Waals surface area contributed by atoms with Crippen LogP contribution in [0.1, 0.15) is 43.2 Å². The molecule has 0 radical (unpaired) electrons. The third-order valence-corrected chi connectivity index (χ3v) is 5.54. The molecule has 3 aromatic rings. The number of hydrogen-bond donors (Lipinski definition) is 1. The van der Waals surface area contributed by atoms with E-state index in [1.165, 1.54) is 11.2 Å². The van der Waals surface area contributed by atoms with Crippen LogP contribution in [0.5, 0.6) is 11.5 Å². The Morgan fingerprint density at radius 2 is 1.79 bits per heavy atom. The zero-order valence-corrected chi connectivity index (χ0v) is 19.2. The molecule has 1 fully saturated rings. The molecular formula is C27H27NO6. The molecule has 1 amide bonds. The molecule has 1 N–H and O–H groups in total. The van der Waals surface area contributed by atoms with Gasteiger partial charge >= 0.3 is 0 Å². The number of likely N-dealkylation sites (tertiary alicyclic amines) is 1. The molecule has 0 spiro atoms. The van der Waals surface area contributed by atoms with Crippen molar-refractivity contribution in [2.45, 2.75) is 32.9 Å². The minimum absolute atomic E-state index is 0.0208. The molecule has 2 aromatic carbocycles. The first-order chi connectivity index (χ1) is 16.5. The van der Waals surface area contributed by atoms with E-state index in [1.54, 1.807) is 54.6 Å². The van der Waals surface area contributed by atoms with Crippen LogP contribution in [0.4, 0.5) is 0 Å². The van der Waals surface area contributed by atoms with Gasteiger partial charge in [0, 0.05) is 5.56 Å². The summed E-state index contributed by atoms with van der Waals surface area (Å²) in [7, 11) is 0. The molecule has 0 saturated carbocycles. The average Bonchev–Trinajstić information content (AvgIpc) is 3.46. The Balaban J connectivity index is 1.85. The number of ketones is 1. The first-order valence-electron chi connectivity index (χ1n) is 11.3. The maximum atomic E-state index is 13.2. The molecule has 1 atom stereocenters. The number of carbonyl (C=O) groups is 2. The lowest BCUT2D eigenvalue weighted by atomic mass is 9.95. The van der Waals surface area contributed by atoms with Crippen LogP contribution in [0.2, 0.25) is 0 Å². The van der Waals surface area contributed by atoms with E-state index in [0.29, 0.717) is 41.6 Å². The molecular weight excluding hydrogens is 434 g/mol. The monoisotopic (exact) mass is 461 g/mol. The summed E-state index contributed by atoms with van der Waals surface area (Å²) in [4.78, 5) is 27.7. The molecule has 176 valence electrons. The predicted molar refractivity (Wildman–Crippen MR) is 126 cm³/mol. The highest BCUT2D eigenvalue weighted by Crippen LogP contribution is 2.42. The van der Waals surface area contributed by atoms with E-state index in [9.17, 15) is 14.7 Å². The van der Waals surface area contributed by atoms with Crippen LogP contribution in [0, 0.1) is 0 Å². The third-order valence-electron chi connectivity index (χ3n) is 5.54. The number of ether oxygens (including phenoxy) is 2. The lowest BCUT2D eigenvalue weighted by Gasteiger charge is -2.25. The van der Waals surface area contributed by atoms with Crippen LogP contribution in [0.15, 0.2) is 76.9 Å². The van der Waals surface area contributed by atoms with Gasteiger partial charge in [-0.05, 0) is 43.2 Å². The van der Waals surface area contributed by atoms with Gasteiger partial charge < -0.3 is 23.9 Å². The smallest absolute Gasteiger partial charge is 0.296 e. The Hall–Kier alpha value is -4.00. The van der Waals surface area contributed by atoms with Gasteiger partial charge in [0.15, 0.2) is 11.5 Å². The van der Waals surface area contributed by atoms with Gasteiger partial charge in [0.05, 0.1) is 37.6 Å². The van der Waals surface area contributed by atoms with Gasteiger partial charge in [-0.15, -0.1) is 0 Å². The molecule has 7 heteroatoms. The highest BCUT2D eigenvalue weighted by Gasteiger charge is 2.46. The number of aliphatic hydroxyl groups is 1. The van der Waals surface area contributed by atoms with Crippen molar-refractivity contribution >= 4 is 17.4 Å². The Labute approximate surface area is 198 Å². The SMILES string of the molecule is CCCOc1ccc(C2C(=C(O)c3ccccc3)C(=O)C(=O)N2Cc2ccco2)cc1OCC. The van der Waals surface area contributed by atoms with Crippen LogP contribution in [0.25, 0.3) is 5.76 Å². The van der Waals surface area contributed by atoms with Crippen molar-refractivity contribution in [1.82, 2.24) is 4.90 Å². The minimum Gasteiger partial charge on any atom is -0.507 e. The summed E-state index contributed by atoms with van der Waals surface area (Å²) in [5.41, 5.74) is 1.10. The zero-order valence-electron chi connectivity index (χ0n) is 19.2. The second-order valence-electron chi connectivity index (χ2n) is 7.86. The van der Waals surface area contributed by atoms with Crippen LogP contribution in [0.3, 0.4) is 0 Å². The van der Waals surface area contributed by atoms with E-state index in [-0.39, 0.29) is 17.9 Å². The molecule has 4 rings (SSSR count). The van der Waals surface area contributed by atoms with Crippen LogP contribution in [-0.2, 0) is 16.1 Å². The standard InChI is InChI=1S/C27H27NO6/c1-3-14-34-21-13-12-19(16-22(21)32-4-2)24-23(25(29)18-9-6-5-7-10-18)26(30)27(31)28(24)17-20-11-8-15-33-20/h5-13,15-16,24,29H,3-4,14,17H2,1-2H3. The predicted octanol–water partition coefficient (Wildman–Crippen LogP) is 5.09. The molecule has 0 bridgehead atoms. The number of nitrogens with zero attached hydrogens (tertiary/aromatic N) is 1. The fourth-order valence-electron chi connectivity index (χ4n) is 4.01. The van der Waals surface area contributed by atoms with Crippen LogP contribution < -0.4 is 9.47 Å². The maximum absolute atomic E-state index is 13.2. The molecule has 34 heavy (non-hydrogen) atoms. The van der Waals surface area contributed by atoms with E-state index >= 15 is 0 Å². The van der Waals surface area contributed by atoms with Crippen LogP contribution >= 0.6 is 0 Å². The third kappa shape index (κ3) is 4.55. The summed E-state index contributed by atoms with van der Waals surface area (Å²) in [5.74, 6) is -0.0599. The highest BCUT2D eigenvalue weighted by atomic mass is 16.5. The maximum Gasteiger partial charge on any atom is 0.296 e. The molecule has 1 unspecified atom stereocenters. The van der Waals surface area contributed by atoms with E-state index in [4.69, 9.17) is 13.9 Å². The zero-order chi connectivity index (χ0) is 24.1. The first kappa shape index (κ1) is 23.2. The molecule has 1 saturated heterocycles. The summed E-state index contributed by atoms with van der Waals surface area (Å²) < 4.78 is 17.0. The lowest BCUT2D eigenvalue weighted by molar-refractivity contribution is -0.140. The topological polar surface area (TPSA) is 89.2 Å². The van der Waals surface area contributed by atoms with Gasteiger partial charge in [-0.2, -0.15) is 0 Å². The van der Waals surface area contributed by atoms with Crippen molar-refractivity contribution in [3.8, 4) is 11.5 Å². The number of carbonyl (C=O) groups excluding carboxylic acids is 2. The van der Waals surface area contributed by atoms with E-state index in [1.807, 2.05) is 19.9 Å². The number of aliphatic hydroxyl groups excluding tert-OH is 1. The molecule has 2 heterocycles. The summed E-state index contributed by atoms with van der Waals surface area (Å²) in [6.45, 7) is 4.91. The van der Waals surface area contributed by atoms with Gasteiger partial charge in [-0.1, -0.05) is 43.3 Å². The number of rotatable bonds is 9. The molecule has 0 aliphatic carbocycles. The number of Topliss-reactive ketones (excluding diaryl/α,β-unsaturated/α-hetero) is 1. The second-order valence-corrected chi connectivity index (χ2v) is 7.86.